The van der Waals surface area contributed by atoms with E-state index in [0.29, 0.717) is 25.0 Å². The Morgan fingerprint density at radius 1 is 1.06 bits per heavy atom. The van der Waals surface area contributed by atoms with Crippen LogP contribution in [0.25, 0.3) is 0 Å². The van der Waals surface area contributed by atoms with Crippen molar-refractivity contribution in [2.45, 2.75) is 46.0 Å². The average molecular weight is 249 g/mol. The fourth-order valence-electron chi connectivity index (χ4n) is 2.11. The van der Waals surface area contributed by atoms with Gasteiger partial charge in [-0.3, -0.25) is 0 Å². The molecular formula is C16H27NO. The van der Waals surface area contributed by atoms with E-state index in [1.165, 1.54) is 16.7 Å². The molecule has 0 aliphatic heterocycles. The minimum Gasteiger partial charge on any atom is -0.380 e. The maximum atomic E-state index is 5.47. The van der Waals surface area contributed by atoms with Crippen molar-refractivity contribution in [3.8, 4) is 0 Å². The topological polar surface area (TPSA) is 35.2 Å². The van der Waals surface area contributed by atoms with Gasteiger partial charge in [-0.05, 0) is 34.9 Å². The molecule has 1 rings (SSSR count). The summed E-state index contributed by atoms with van der Waals surface area (Å²) in [7, 11) is 0. The number of ether oxygens (including phenoxy) is 1. The second-order valence-corrected chi connectivity index (χ2v) is 5.42. The monoisotopic (exact) mass is 249 g/mol. The predicted molar refractivity (Wildman–Crippen MR) is 78.2 cm³/mol. The number of hydrogen-bond acceptors (Lipinski definition) is 2. The molecule has 0 unspecified atom stereocenters. The normalized spacial score (nSPS) is 11.5. The molecule has 0 radical (unpaired) electrons. The van der Waals surface area contributed by atoms with Crippen LogP contribution >= 0.6 is 0 Å². The molecule has 0 heterocycles. The molecule has 0 saturated carbocycles. The van der Waals surface area contributed by atoms with E-state index in [4.69, 9.17) is 10.5 Å². The Hall–Kier alpha value is -0.860. The molecule has 0 saturated heterocycles. The van der Waals surface area contributed by atoms with E-state index in [9.17, 15) is 0 Å². The molecule has 18 heavy (non-hydrogen) atoms. The molecule has 0 spiro atoms. The third-order valence-electron chi connectivity index (χ3n) is 3.24. The maximum Gasteiger partial charge on any atom is 0.0588 e. The van der Waals surface area contributed by atoms with Crippen molar-refractivity contribution in [2.75, 3.05) is 19.8 Å². The summed E-state index contributed by atoms with van der Waals surface area (Å²) in [6, 6.07) is 6.86. The molecule has 2 heteroatoms. The fraction of sp³-hybridized carbons (Fsp3) is 0.625. The zero-order valence-corrected chi connectivity index (χ0v) is 12.2. The van der Waals surface area contributed by atoms with Crippen molar-refractivity contribution in [3.63, 3.8) is 0 Å². The number of benzene rings is 1. The lowest BCUT2D eigenvalue weighted by Crippen LogP contribution is -2.11. The van der Waals surface area contributed by atoms with Crippen molar-refractivity contribution in [1.82, 2.24) is 0 Å². The first-order valence-corrected chi connectivity index (χ1v) is 6.96. The number of hydrogen-bond donors (Lipinski definition) is 1. The Kier molecular flexibility index (Phi) is 6.37. The molecule has 1 aromatic carbocycles. The summed E-state index contributed by atoms with van der Waals surface area (Å²) in [4.78, 5) is 0. The van der Waals surface area contributed by atoms with Gasteiger partial charge in [0.25, 0.3) is 0 Å². The molecule has 0 amide bonds. The van der Waals surface area contributed by atoms with Crippen LogP contribution in [-0.2, 0) is 11.2 Å². The van der Waals surface area contributed by atoms with Crippen LogP contribution in [0.4, 0.5) is 0 Å². The Labute approximate surface area is 112 Å². The van der Waals surface area contributed by atoms with E-state index in [2.05, 4.69) is 45.9 Å². The van der Waals surface area contributed by atoms with Gasteiger partial charge in [0.15, 0.2) is 0 Å². The average Bonchev–Trinajstić information content (AvgIpc) is 2.34. The summed E-state index contributed by atoms with van der Waals surface area (Å²) in [5, 5.41) is 0. The summed E-state index contributed by atoms with van der Waals surface area (Å²) in [6.07, 6.45) is 0.978. The van der Waals surface area contributed by atoms with Crippen LogP contribution < -0.4 is 5.73 Å². The largest absolute Gasteiger partial charge is 0.380 e. The van der Waals surface area contributed by atoms with Crippen LogP contribution in [0, 0.1) is 0 Å². The summed E-state index contributed by atoms with van der Waals surface area (Å²) in [5.74, 6) is 1.15. The van der Waals surface area contributed by atoms with Gasteiger partial charge in [0.2, 0.25) is 0 Å². The van der Waals surface area contributed by atoms with E-state index in [0.717, 1.165) is 13.0 Å². The second kappa shape index (κ2) is 7.55. The lowest BCUT2D eigenvalue weighted by atomic mass is 9.90. The van der Waals surface area contributed by atoms with Crippen molar-refractivity contribution in [1.29, 1.82) is 0 Å². The van der Waals surface area contributed by atoms with Crippen molar-refractivity contribution in [2.24, 2.45) is 5.73 Å². The van der Waals surface area contributed by atoms with Gasteiger partial charge in [-0.15, -0.1) is 0 Å². The van der Waals surface area contributed by atoms with Crippen LogP contribution in [0.2, 0.25) is 0 Å². The summed E-state index contributed by atoms with van der Waals surface area (Å²) in [6.45, 7) is 11.0. The van der Waals surface area contributed by atoms with Gasteiger partial charge in [0.05, 0.1) is 13.2 Å². The molecule has 1 aromatic rings. The van der Waals surface area contributed by atoms with Crippen LogP contribution in [0.5, 0.6) is 0 Å². The quantitative estimate of drug-likeness (QED) is 0.751. The van der Waals surface area contributed by atoms with Crippen LogP contribution in [0.15, 0.2) is 18.2 Å². The van der Waals surface area contributed by atoms with Crippen molar-refractivity contribution < 1.29 is 4.74 Å². The first-order chi connectivity index (χ1) is 8.56. The van der Waals surface area contributed by atoms with Gasteiger partial charge in [-0.2, -0.15) is 0 Å². The molecule has 0 aromatic heterocycles. The Morgan fingerprint density at radius 3 is 2.33 bits per heavy atom. The van der Waals surface area contributed by atoms with Gasteiger partial charge in [0, 0.05) is 6.54 Å². The highest BCUT2D eigenvalue weighted by Crippen LogP contribution is 2.25. The molecule has 0 atom stereocenters. The molecule has 0 fully saturated rings. The number of nitrogens with two attached hydrogens (primary N) is 1. The molecule has 0 bridgehead atoms. The highest BCUT2D eigenvalue weighted by Gasteiger charge is 2.09. The second-order valence-electron chi connectivity index (χ2n) is 5.42. The van der Waals surface area contributed by atoms with E-state index in [1.807, 2.05) is 0 Å². The lowest BCUT2D eigenvalue weighted by molar-refractivity contribution is 0.144. The van der Waals surface area contributed by atoms with E-state index in [1.54, 1.807) is 0 Å². The standard InChI is InChI=1S/C16H27NO/c1-12(2)15-6-5-14(7-9-18-10-8-17)16(11-15)13(3)4/h5-6,11-13H,7-10,17H2,1-4H3. The van der Waals surface area contributed by atoms with Crippen LogP contribution in [0.3, 0.4) is 0 Å². The third kappa shape index (κ3) is 4.43. The lowest BCUT2D eigenvalue weighted by Gasteiger charge is -2.16. The van der Waals surface area contributed by atoms with Gasteiger partial charge < -0.3 is 10.5 Å². The summed E-state index contributed by atoms with van der Waals surface area (Å²) in [5.41, 5.74) is 9.70. The van der Waals surface area contributed by atoms with Crippen LogP contribution in [-0.4, -0.2) is 19.8 Å². The van der Waals surface area contributed by atoms with E-state index < -0.39 is 0 Å². The molecule has 2 N–H and O–H groups in total. The highest BCUT2D eigenvalue weighted by molar-refractivity contribution is 5.35. The Bertz CT molecular complexity index is 358. The zero-order valence-electron chi connectivity index (χ0n) is 12.2. The molecular weight excluding hydrogens is 222 g/mol. The Balaban J connectivity index is 2.77. The molecule has 102 valence electrons. The Morgan fingerprint density at radius 2 is 1.78 bits per heavy atom. The summed E-state index contributed by atoms with van der Waals surface area (Å²) < 4.78 is 5.47. The van der Waals surface area contributed by atoms with Crippen molar-refractivity contribution in [3.05, 3.63) is 34.9 Å². The minimum atomic E-state index is 0.563. The fourth-order valence-corrected chi connectivity index (χ4v) is 2.11. The highest BCUT2D eigenvalue weighted by atomic mass is 16.5. The smallest absolute Gasteiger partial charge is 0.0588 e. The first-order valence-electron chi connectivity index (χ1n) is 6.96. The van der Waals surface area contributed by atoms with Gasteiger partial charge in [-0.25, -0.2) is 0 Å². The summed E-state index contributed by atoms with van der Waals surface area (Å²) >= 11 is 0. The SMILES string of the molecule is CC(C)c1ccc(CCOCCN)c(C(C)C)c1. The minimum absolute atomic E-state index is 0.563. The molecule has 2 nitrogen and oxygen atoms in total. The van der Waals surface area contributed by atoms with Gasteiger partial charge in [0.1, 0.15) is 0 Å². The van der Waals surface area contributed by atoms with Crippen molar-refractivity contribution >= 4 is 0 Å². The molecule has 0 aliphatic carbocycles. The third-order valence-corrected chi connectivity index (χ3v) is 3.24. The number of rotatable bonds is 7. The van der Waals surface area contributed by atoms with Crippen LogP contribution in [0.1, 0.15) is 56.2 Å². The van der Waals surface area contributed by atoms with E-state index in [-0.39, 0.29) is 0 Å². The predicted octanol–water partition coefficient (Wildman–Crippen LogP) is 3.45. The molecule has 0 aliphatic rings. The van der Waals surface area contributed by atoms with Gasteiger partial charge >= 0.3 is 0 Å². The zero-order chi connectivity index (χ0) is 13.5. The first kappa shape index (κ1) is 15.2. The van der Waals surface area contributed by atoms with E-state index >= 15 is 0 Å². The maximum absolute atomic E-state index is 5.47. The van der Waals surface area contributed by atoms with Gasteiger partial charge in [-0.1, -0.05) is 45.9 Å².